The third-order valence-corrected chi connectivity index (χ3v) is 3.77. The van der Waals surface area contributed by atoms with Gasteiger partial charge < -0.3 is 4.74 Å². The van der Waals surface area contributed by atoms with E-state index in [4.69, 9.17) is 39.5 Å². The van der Waals surface area contributed by atoms with Crippen molar-refractivity contribution in [1.29, 1.82) is 0 Å². The van der Waals surface area contributed by atoms with Gasteiger partial charge in [0.2, 0.25) is 0 Å². The molecule has 0 spiro atoms. The molecule has 0 aliphatic heterocycles. The van der Waals surface area contributed by atoms with Crippen LogP contribution in [0.5, 0.6) is 5.75 Å². The highest BCUT2D eigenvalue weighted by Crippen LogP contribution is 2.29. The molecule has 20 heavy (non-hydrogen) atoms. The third kappa shape index (κ3) is 3.57. The number of benzene rings is 2. The fourth-order valence-corrected chi connectivity index (χ4v) is 1.99. The molecule has 1 N–H and O–H groups in total. The summed E-state index contributed by atoms with van der Waals surface area (Å²) in [5, 5.41) is 3.75. The number of nitrogens with one attached hydrogen (secondary N) is 1. The van der Waals surface area contributed by atoms with Crippen LogP contribution < -0.4 is 10.1 Å². The number of hydrogen-bond acceptors (Lipinski definition) is 2. The van der Waals surface area contributed by atoms with Crippen LogP contribution in [0.2, 0.25) is 15.1 Å². The molecule has 6 heteroatoms. The molecule has 0 bridgehead atoms. The Kier molecular flexibility index (Phi) is 4.76. The summed E-state index contributed by atoms with van der Waals surface area (Å²) in [5.41, 5.74) is 1.20. The second kappa shape index (κ2) is 6.35. The van der Waals surface area contributed by atoms with Crippen LogP contribution in [0.4, 0.5) is 10.5 Å². The van der Waals surface area contributed by atoms with Crippen molar-refractivity contribution in [3.05, 3.63) is 57.0 Å². The predicted molar refractivity (Wildman–Crippen MR) is 82.3 cm³/mol. The first-order chi connectivity index (χ1) is 9.47. The van der Waals surface area contributed by atoms with Crippen molar-refractivity contribution in [2.75, 3.05) is 5.32 Å². The molecule has 104 valence electrons. The van der Waals surface area contributed by atoms with Crippen LogP contribution in [-0.2, 0) is 0 Å². The Morgan fingerprint density at radius 2 is 1.85 bits per heavy atom. The second-order valence-corrected chi connectivity index (χ2v) is 5.22. The number of rotatable bonds is 2. The minimum absolute atomic E-state index is 0.262. The topological polar surface area (TPSA) is 38.3 Å². The van der Waals surface area contributed by atoms with Crippen LogP contribution in [0.15, 0.2) is 36.4 Å². The van der Waals surface area contributed by atoms with E-state index < -0.39 is 6.09 Å². The minimum atomic E-state index is -0.657. The zero-order valence-corrected chi connectivity index (χ0v) is 12.7. The maximum atomic E-state index is 11.8. The van der Waals surface area contributed by atoms with Crippen LogP contribution >= 0.6 is 34.8 Å². The first kappa shape index (κ1) is 15.0. The first-order valence-electron chi connectivity index (χ1n) is 5.66. The molecule has 2 aromatic carbocycles. The summed E-state index contributed by atoms with van der Waals surface area (Å²) in [4.78, 5) is 11.8. The highest BCUT2D eigenvalue weighted by molar-refractivity contribution is 6.43. The molecule has 0 atom stereocenters. The predicted octanol–water partition coefficient (Wildman–Crippen LogP) is 5.57. The van der Waals surface area contributed by atoms with Crippen LogP contribution in [0.25, 0.3) is 0 Å². The molecule has 0 unspecified atom stereocenters. The average molecular weight is 331 g/mol. The SMILES string of the molecule is Cc1cc(OC(=O)Nc2cccc(Cl)c2Cl)ccc1Cl. The molecule has 0 aliphatic carbocycles. The van der Waals surface area contributed by atoms with Crippen molar-refractivity contribution < 1.29 is 9.53 Å². The molecule has 0 radical (unpaired) electrons. The van der Waals surface area contributed by atoms with Crippen molar-refractivity contribution in [1.82, 2.24) is 0 Å². The van der Waals surface area contributed by atoms with Gasteiger partial charge in [-0.15, -0.1) is 0 Å². The average Bonchev–Trinajstić information content (AvgIpc) is 2.39. The molecule has 0 saturated carbocycles. The molecule has 3 nitrogen and oxygen atoms in total. The van der Waals surface area contributed by atoms with E-state index in [1.54, 1.807) is 36.4 Å². The standard InChI is InChI=1S/C14H10Cl3NO2/c1-8-7-9(5-6-10(8)15)20-14(19)18-12-4-2-3-11(16)13(12)17/h2-7H,1H3,(H,18,19). The van der Waals surface area contributed by atoms with Gasteiger partial charge in [-0.25, -0.2) is 4.79 Å². The van der Waals surface area contributed by atoms with Crippen molar-refractivity contribution in [2.24, 2.45) is 0 Å². The van der Waals surface area contributed by atoms with Gasteiger partial charge in [-0.3, -0.25) is 5.32 Å². The lowest BCUT2D eigenvalue weighted by Gasteiger charge is -2.09. The van der Waals surface area contributed by atoms with Gasteiger partial charge in [0.05, 0.1) is 15.7 Å². The summed E-state index contributed by atoms with van der Waals surface area (Å²) in [6.07, 6.45) is -0.657. The lowest BCUT2D eigenvalue weighted by Crippen LogP contribution is -2.17. The second-order valence-electron chi connectivity index (χ2n) is 4.03. The Morgan fingerprint density at radius 1 is 1.10 bits per heavy atom. The number of carbonyl (C=O) groups is 1. The van der Waals surface area contributed by atoms with Gasteiger partial charge in [0.15, 0.2) is 0 Å². The Bertz CT molecular complexity index is 659. The summed E-state index contributed by atoms with van der Waals surface area (Å²) >= 11 is 17.7. The normalized spacial score (nSPS) is 10.2. The van der Waals surface area contributed by atoms with E-state index in [0.29, 0.717) is 21.5 Å². The van der Waals surface area contributed by atoms with Gasteiger partial charge in [0.1, 0.15) is 5.75 Å². The van der Waals surface area contributed by atoms with Crippen LogP contribution in [-0.4, -0.2) is 6.09 Å². The van der Waals surface area contributed by atoms with E-state index in [1.807, 2.05) is 6.92 Å². The molecular formula is C14H10Cl3NO2. The molecule has 1 amide bonds. The number of halogens is 3. The molecule has 0 saturated heterocycles. The Balaban J connectivity index is 2.09. The van der Waals surface area contributed by atoms with Gasteiger partial charge in [0, 0.05) is 5.02 Å². The minimum Gasteiger partial charge on any atom is -0.410 e. The Hall–Kier alpha value is -1.42. The lowest BCUT2D eigenvalue weighted by atomic mass is 10.2. The molecule has 0 heterocycles. The van der Waals surface area contributed by atoms with Gasteiger partial charge >= 0.3 is 6.09 Å². The monoisotopic (exact) mass is 329 g/mol. The third-order valence-electron chi connectivity index (χ3n) is 2.53. The summed E-state index contributed by atoms with van der Waals surface area (Å²) in [6.45, 7) is 1.82. The van der Waals surface area contributed by atoms with Crippen LogP contribution in [0, 0.1) is 6.92 Å². The zero-order valence-electron chi connectivity index (χ0n) is 10.4. The van der Waals surface area contributed by atoms with Gasteiger partial charge in [-0.1, -0.05) is 40.9 Å². The number of aryl methyl sites for hydroxylation is 1. The highest BCUT2D eigenvalue weighted by Gasteiger charge is 2.10. The van der Waals surface area contributed by atoms with Gasteiger partial charge in [-0.2, -0.15) is 0 Å². The summed E-state index contributed by atoms with van der Waals surface area (Å²) < 4.78 is 5.14. The van der Waals surface area contributed by atoms with Crippen LogP contribution in [0.1, 0.15) is 5.56 Å². The zero-order chi connectivity index (χ0) is 14.7. The summed E-state index contributed by atoms with van der Waals surface area (Å²) in [7, 11) is 0. The molecule has 0 aliphatic rings. The molecule has 2 aromatic rings. The molecule has 0 aromatic heterocycles. The molecule has 0 fully saturated rings. The van der Waals surface area contributed by atoms with E-state index in [-0.39, 0.29) is 5.02 Å². The maximum absolute atomic E-state index is 11.8. The summed E-state index contributed by atoms with van der Waals surface area (Å²) in [6, 6.07) is 9.86. The van der Waals surface area contributed by atoms with E-state index in [0.717, 1.165) is 5.56 Å². The maximum Gasteiger partial charge on any atom is 0.417 e. The first-order valence-corrected chi connectivity index (χ1v) is 6.80. The lowest BCUT2D eigenvalue weighted by molar-refractivity contribution is 0.215. The van der Waals surface area contributed by atoms with Crippen molar-refractivity contribution in [3.8, 4) is 5.75 Å². The van der Waals surface area contributed by atoms with Crippen molar-refractivity contribution in [3.63, 3.8) is 0 Å². The van der Waals surface area contributed by atoms with E-state index in [1.165, 1.54) is 0 Å². The smallest absolute Gasteiger partial charge is 0.410 e. The van der Waals surface area contributed by atoms with Gasteiger partial charge in [0.25, 0.3) is 0 Å². The number of amides is 1. The van der Waals surface area contributed by atoms with E-state index in [9.17, 15) is 4.79 Å². The van der Waals surface area contributed by atoms with Crippen molar-refractivity contribution in [2.45, 2.75) is 6.92 Å². The molecular weight excluding hydrogens is 321 g/mol. The number of ether oxygens (including phenoxy) is 1. The Labute approximate surface area is 131 Å². The Morgan fingerprint density at radius 3 is 2.55 bits per heavy atom. The number of anilines is 1. The molecule has 2 rings (SSSR count). The van der Waals surface area contributed by atoms with E-state index >= 15 is 0 Å². The van der Waals surface area contributed by atoms with Crippen LogP contribution in [0.3, 0.4) is 0 Å². The highest BCUT2D eigenvalue weighted by atomic mass is 35.5. The van der Waals surface area contributed by atoms with Gasteiger partial charge in [-0.05, 0) is 42.8 Å². The largest absolute Gasteiger partial charge is 0.417 e. The fraction of sp³-hybridized carbons (Fsp3) is 0.0714. The quantitative estimate of drug-likeness (QED) is 0.782. The van der Waals surface area contributed by atoms with E-state index in [2.05, 4.69) is 5.32 Å². The fourth-order valence-electron chi connectivity index (χ4n) is 1.52. The number of hydrogen-bond donors (Lipinski definition) is 1. The van der Waals surface area contributed by atoms with Crippen molar-refractivity contribution >= 4 is 46.6 Å². The number of carbonyl (C=O) groups excluding carboxylic acids is 1. The summed E-state index contributed by atoms with van der Waals surface area (Å²) in [5.74, 6) is 0.391.